The maximum Gasteiger partial charge on any atom is 0.258 e. The number of aromatic nitrogens is 5. The van der Waals surface area contributed by atoms with Crippen molar-refractivity contribution < 1.29 is 8.42 Å². The van der Waals surface area contributed by atoms with Crippen molar-refractivity contribution in [2.45, 2.75) is 25.0 Å². The number of hydrogen-bond acceptors (Lipinski definition) is 5. The molecule has 0 aromatic carbocycles. The zero-order chi connectivity index (χ0) is 16.3. The lowest BCUT2D eigenvalue weighted by molar-refractivity contribution is 0.563. The predicted octanol–water partition coefficient (Wildman–Crippen LogP) is 0.962. The lowest BCUT2D eigenvalue weighted by Crippen LogP contribution is -2.25. The van der Waals surface area contributed by atoms with Gasteiger partial charge in [0.2, 0.25) is 0 Å². The van der Waals surface area contributed by atoms with Crippen molar-refractivity contribution in [3.63, 3.8) is 0 Å². The number of aryl methyl sites for hydroxylation is 1. The second-order valence-corrected chi connectivity index (χ2v) is 6.53. The quantitative estimate of drug-likeness (QED) is 0.725. The first kappa shape index (κ1) is 15.4. The molecule has 9 heteroatoms. The summed E-state index contributed by atoms with van der Waals surface area (Å²) in [4.78, 5) is 8.10. The van der Waals surface area contributed by atoms with E-state index in [9.17, 15) is 8.42 Å². The van der Waals surface area contributed by atoms with Crippen LogP contribution in [0.15, 0.2) is 54.3 Å². The third kappa shape index (κ3) is 3.30. The van der Waals surface area contributed by atoms with Gasteiger partial charge in [0, 0.05) is 31.7 Å². The Morgan fingerprint density at radius 2 is 2.17 bits per heavy atom. The van der Waals surface area contributed by atoms with Crippen LogP contribution < -0.4 is 4.72 Å². The standard InChI is InChI=1S/C14H16N6O2S/c1-2-19-11-15-10-14(19)23(21,22)18-9-12-4-6-16-13(8-12)20-7-3-5-17-20/h3-8,10-11,18H,2,9H2,1H3. The van der Waals surface area contributed by atoms with Crippen LogP contribution in [0.1, 0.15) is 12.5 Å². The molecule has 0 bridgehead atoms. The molecule has 120 valence electrons. The summed E-state index contributed by atoms with van der Waals surface area (Å²) in [5, 5.41) is 4.26. The second kappa shape index (κ2) is 6.31. The third-order valence-corrected chi connectivity index (χ3v) is 4.72. The molecule has 0 unspecified atom stereocenters. The van der Waals surface area contributed by atoms with E-state index >= 15 is 0 Å². The van der Waals surface area contributed by atoms with Gasteiger partial charge < -0.3 is 4.57 Å². The normalized spacial score (nSPS) is 11.7. The number of nitrogens with one attached hydrogen (secondary N) is 1. The molecule has 3 heterocycles. The third-order valence-electron chi connectivity index (χ3n) is 3.31. The average Bonchev–Trinajstić information content (AvgIpc) is 3.24. The van der Waals surface area contributed by atoms with Crippen LogP contribution >= 0.6 is 0 Å². The van der Waals surface area contributed by atoms with Crippen LogP contribution in [0.2, 0.25) is 0 Å². The zero-order valence-electron chi connectivity index (χ0n) is 12.5. The van der Waals surface area contributed by atoms with Crippen molar-refractivity contribution in [1.82, 2.24) is 29.0 Å². The molecular formula is C14H16N6O2S. The van der Waals surface area contributed by atoms with Crippen molar-refractivity contribution in [1.29, 1.82) is 0 Å². The van der Waals surface area contributed by atoms with Crippen molar-refractivity contribution in [3.8, 4) is 5.82 Å². The van der Waals surface area contributed by atoms with Gasteiger partial charge in [-0.25, -0.2) is 27.8 Å². The summed E-state index contributed by atoms with van der Waals surface area (Å²) in [5.41, 5.74) is 0.789. The summed E-state index contributed by atoms with van der Waals surface area (Å²) in [6.45, 7) is 2.56. The summed E-state index contributed by atoms with van der Waals surface area (Å²) in [6, 6.07) is 5.34. The van der Waals surface area contributed by atoms with E-state index in [1.165, 1.54) is 12.5 Å². The number of hydrogen-bond donors (Lipinski definition) is 1. The molecule has 0 radical (unpaired) electrons. The molecule has 3 rings (SSSR count). The van der Waals surface area contributed by atoms with Gasteiger partial charge in [-0.1, -0.05) is 0 Å². The maximum atomic E-state index is 12.4. The molecule has 0 atom stereocenters. The summed E-state index contributed by atoms with van der Waals surface area (Å²) in [6.07, 6.45) is 7.89. The Balaban J connectivity index is 1.77. The molecule has 0 saturated heterocycles. The van der Waals surface area contributed by atoms with Gasteiger partial charge >= 0.3 is 0 Å². The molecule has 3 aromatic rings. The van der Waals surface area contributed by atoms with Crippen molar-refractivity contribution in [2.75, 3.05) is 0 Å². The van der Waals surface area contributed by atoms with Crippen molar-refractivity contribution >= 4 is 10.0 Å². The van der Waals surface area contributed by atoms with Crippen LogP contribution in [-0.2, 0) is 23.1 Å². The fraction of sp³-hybridized carbons (Fsp3) is 0.214. The molecule has 23 heavy (non-hydrogen) atoms. The number of pyridine rings is 1. The van der Waals surface area contributed by atoms with Gasteiger partial charge in [-0.3, -0.25) is 0 Å². The Morgan fingerprint density at radius 3 is 2.91 bits per heavy atom. The van der Waals surface area contributed by atoms with E-state index in [1.54, 1.807) is 46.0 Å². The van der Waals surface area contributed by atoms with E-state index in [0.717, 1.165) is 5.56 Å². The Morgan fingerprint density at radius 1 is 1.30 bits per heavy atom. The highest BCUT2D eigenvalue weighted by atomic mass is 32.2. The van der Waals surface area contributed by atoms with Crippen LogP contribution in [0, 0.1) is 0 Å². The molecule has 0 spiro atoms. The summed E-state index contributed by atoms with van der Waals surface area (Å²) in [5.74, 6) is 0.630. The molecule has 0 saturated carbocycles. The first-order chi connectivity index (χ1) is 11.1. The summed E-state index contributed by atoms with van der Waals surface area (Å²) >= 11 is 0. The topological polar surface area (TPSA) is 94.7 Å². The summed E-state index contributed by atoms with van der Waals surface area (Å²) in [7, 11) is -3.62. The minimum atomic E-state index is -3.62. The molecule has 8 nitrogen and oxygen atoms in total. The van der Waals surface area contributed by atoms with Crippen LogP contribution in [0.3, 0.4) is 0 Å². The molecule has 0 aliphatic heterocycles. The van der Waals surface area contributed by atoms with Gasteiger partial charge in [0.15, 0.2) is 10.8 Å². The SMILES string of the molecule is CCn1cncc1S(=O)(=O)NCc1ccnc(-n2cccn2)c1. The number of imidazole rings is 1. The molecule has 0 fully saturated rings. The molecule has 0 aliphatic carbocycles. The number of rotatable bonds is 6. The van der Waals surface area contributed by atoms with E-state index in [0.29, 0.717) is 12.4 Å². The number of sulfonamides is 1. The van der Waals surface area contributed by atoms with Gasteiger partial charge in [-0.05, 0) is 30.7 Å². The Labute approximate surface area is 133 Å². The summed E-state index contributed by atoms with van der Waals surface area (Å²) < 4.78 is 30.5. The zero-order valence-corrected chi connectivity index (χ0v) is 13.3. The first-order valence-corrected chi connectivity index (χ1v) is 8.53. The van der Waals surface area contributed by atoms with Crippen LogP contribution in [0.25, 0.3) is 5.82 Å². The van der Waals surface area contributed by atoms with Gasteiger partial charge in [0.1, 0.15) is 0 Å². The maximum absolute atomic E-state index is 12.4. The Hall–Kier alpha value is -2.52. The highest BCUT2D eigenvalue weighted by Gasteiger charge is 2.18. The largest absolute Gasteiger partial charge is 0.321 e. The van der Waals surface area contributed by atoms with Crippen molar-refractivity contribution in [2.24, 2.45) is 0 Å². The van der Waals surface area contributed by atoms with Gasteiger partial charge in [0.25, 0.3) is 10.0 Å². The molecule has 0 amide bonds. The minimum Gasteiger partial charge on any atom is -0.321 e. The predicted molar refractivity (Wildman–Crippen MR) is 83.3 cm³/mol. The highest BCUT2D eigenvalue weighted by Crippen LogP contribution is 2.10. The number of nitrogens with zero attached hydrogens (tertiary/aromatic N) is 5. The van der Waals surface area contributed by atoms with Crippen molar-refractivity contribution in [3.05, 3.63) is 54.9 Å². The molecule has 1 N–H and O–H groups in total. The van der Waals surface area contributed by atoms with Crippen LogP contribution in [0.5, 0.6) is 0 Å². The smallest absolute Gasteiger partial charge is 0.258 e. The van der Waals surface area contributed by atoms with Gasteiger partial charge in [0.05, 0.1) is 12.5 Å². The Bertz CT molecular complexity index is 886. The molecule has 0 aliphatic rings. The average molecular weight is 332 g/mol. The van der Waals surface area contributed by atoms with E-state index in [1.807, 2.05) is 6.92 Å². The fourth-order valence-electron chi connectivity index (χ4n) is 2.12. The lowest BCUT2D eigenvalue weighted by atomic mass is 10.2. The monoisotopic (exact) mass is 332 g/mol. The van der Waals surface area contributed by atoms with E-state index in [4.69, 9.17) is 0 Å². The lowest BCUT2D eigenvalue weighted by Gasteiger charge is -2.09. The first-order valence-electron chi connectivity index (χ1n) is 7.05. The molecule has 3 aromatic heterocycles. The second-order valence-electron chi connectivity index (χ2n) is 4.82. The molecular weight excluding hydrogens is 316 g/mol. The Kier molecular flexibility index (Phi) is 4.22. The van der Waals surface area contributed by atoms with Gasteiger partial charge in [-0.15, -0.1) is 0 Å². The van der Waals surface area contributed by atoms with E-state index in [2.05, 4.69) is 19.8 Å². The minimum absolute atomic E-state index is 0.154. The van der Waals surface area contributed by atoms with Gasteiger partial charge in [-0.2, -0.15) is 5.10 Å². The highest BCUT2D eigenvalue weighted by molar-refractivity contribution is 7.89. The van der Waals surface area contributed by atoms with E-state index < -0.39 is 10.0 Å². The van der Waals surface area contributed by atoms with Crippen LogP contribution in [0.4, 0.5) is 0 Å². The van der Waals surface area contributed by atoms with E-state index in [-0.39, 0.29) is 11.6 Å². The fourth-order valence-corrected chi connectivity index (χ4v) is 3.31. The van der Waals surface area contributed by atoms with Crippen LogP contribution in [-0.4, -0.2) is 32.7 Å².